The summed E-state index contributed by atoms with van der Waals surface area (Å²) in [6.45, 7) is 4.00. The van der Waals surface area contributed by atoms with E-state index in [0.29, 0.717) is 51.9 Å². The Kier molecular flexibility index (Phi) is 11.0. The first-order chi connectivity index (χ1) is 18.4. The molecule has 0 aromatic heterocycles. The Balaban J connectivity index is 2.04. The quantitative estimate of drug-likeness (QED) is 0.182. The number of ether oxygens (including phenoxy) is 9. The Labute approximate surface area is 222 Å². The van der Waals surface area contributed by atoms with Crippen molar-refractivity contribution < 1.29 is 47.4 Å². The summed E-state index contributed by atoms with van der Waals surface area (Å²) in [5, 5.41) is 0. The molecule has 1 heterocycles. The van der Waals surface area contributed by atoms with Gasteiger partial charge in [0.2, 0.25) is 5.78 Å². The molecule has 0 unspecified atom stereocenters. The van der Waals surface area contributed by atoms with Gasteiger partial charge >= 0.3 is 0 Å². The third-order valence-electron chi connectivity index (χ3n) is 5.28. The van der Waals surface area contributed by atoms with Crippen molar-refractivity contribution in [1.82, 2.24) is 0 Å². The number of fused-ring (bicyclic) bond motifs is 1. The predicted octanol–water partition coefficient (Wildman–Crippen LogP) is 4.74. The van der Waals surface area contributed by atoms with Crippen LogP contribution in [0.1, 0.15) is 35.3 Å². The third kappa shape index (κ3) is 7.26. The Morgan fingerprint density at radius 1 is 0.789 bits per heavy atom. The number of hydrogen-bond donors (Lipinski definition) is 0. The molecule has 2 aromatic carbocycles. The van der Waals surface area contributed by atoms with Gasteiger partial charge in [-0.2, -0.15) is 0 Å². The summed E-state index contributed by atoms with van der Waals surface area (Å²) >= 11 is 0. The van der Waals surface area contributed by atoms with E-state index in [9.17, 15) is 4.79 Å². The molecule has 1 aliphatic heterocycles. The number of allylic oxidation sites excluding steroid dienone is 3. The third-order valence-corrected chi connectivity index (χ3v) is 5.28. The lowest BCUT2D eigenvalue weighted by Crippen LogP contribution is -2.09. The average Bonchev–Trinajstić information content (AvgIpc) is 3.21. The van der Waals surface area contributed by atoms with Crippen molar-refractivity contribution in [2.45, 2.75) is 20.3 Å². The fourth-order valence-corrected chi connectivity index (χ4v) is 3.60. The molecule has 0 bridgehead atoms. The van der Waals surface area contributed by atoms with E-state index in [0.717, 1.165) is 5.57 Å². The molecule has 0 aliphatic carbocycles. The number of rotatable bonds is 15. The minimum absolute atomic E-state index is 0.0166. The van der Waals surface area contributed by atoms with Crippen molar-refractivity contribution in [1.29, 1.82) is 0 Å². The van der Waals surface area contributed by atoms with Crippen LogP contribution >= 0.6 is 0 Å². The van der Waals surface area contributed by atoms with E-state index in [4.69, 9.17) is 42.6 Å². The number of carbonyl (C=O) groups excluding carboxylic acids is 1. The summed E-state index contributed by atoms with van der Waals surface area (Å²) in [5.41, 5.74) is 2.74. The van der Waals surface area contributed by atoms with Crippen LogP contribution in [0.25, 0.3) is 6.08 Å². The molecular formula is C28H34O10. The lowest BCUT2D eigenvalue weighted by molar-refractivity contribution is 0.0322. The van der Waals surface area contributed by atoms with Gasteiger partial charge in [0.1, 0.15) is 22.8 Å². The maximum absolute atomic E-state index is 13.6. The van der Waals surface area contributed by atoms with Crippen molar-refractivity contribution in [3.8, 4) is 28.7 Å². The summed E-state index contributed by atoms with van der Waals surface area (Å²) in [5.74, 6) is 1.81. The molecule has 0 atom stereocenters. The Hall–Kier alpha value is -3.57. The van der Waals surface area contributed by atoms with Gasteiger partial charge in [0.25, 0.3) is 0 Å². The van der Waals surface area contributed by atoms with Gasteiger partial charge in [0.05, 0.1) is 0 Å². The molecule has 0 amide bonds. The van der Waals surface area contributed by atoms with E-state index in [1.54, 1.807) is 30.3 Å². The van der Waals surface area contributed by atoms with Crippen LogP contribution in [0.4, 0.5) is 0 Å². The van der Waals surface area contributed by atoms with Crippen LogP contribution in [-0.2, 0) is 25.4 Å². The molecule has 0 saturated heterocycles. The van der Waals surface area contributed by atoms with E-state index in [2.05, 4.69) is 0 Å². The van der Waals surface area contributed by atoms with Crippen LogP contribution in [-0.4, -0.2) is 61.4 Å². The Morgan fingerprint density at radius 2 is 1.39 bits per heavy atom. The Morgan fingerprint density at radius 3 is 2.03 bits per heavy atom. The minimum Gasteiger partial charge on any atom is -0.467 e. The van der Waals surface area contributed by atoms with E-state index in [-0.39, 0.29) is 38.7 Å². The largest absolute Gasteiger partial charge is 0.467 e. The number of ketones is 1. The van der Waals surface area contributed by atoms with Crippen LogP contribution < -0.4 is 23.7 Å². The van der Waals surface area contributed by atoms with Crippen LogP contribution in [0, 0.1) is 0 Å². The first-order valence-electron chi connectivity index (χ1n) is 11.8. The molecule has 0 radical (unpaired) electrons. The van der Waals surface area contributed by atoms with Gasteiger partial charge in [-0.3, -0.25) is 4.79 Å². The summed E-state index contributed by atoms with van der Waals surface area (Å²) < 4.78 is 49.1. The lowest BCUT2D eigenvalue weighted by Gasteiger charge is -2.17. The van der Waals surface area contributed by atoms with Crippen molar-refractivity contribution >= 4 is 11.9 Å². The van der Waals surface area contributed by atoms with Crippen molar-refractivity contribution in [2.75, 3.05) is 55.6 Å². The number of carbonyl (C=O) groups is 1. The maximum atomic E-state index is 13.6. The molecule has 0 saturated carbocycles. The van der Waals surface area contributed by atoms with Gasteiger partial charge in [-0.15, -0.1) is 0 Å². The number of Topliss-reactive ketones (excluding diaryl/α,β-unsaturated/α-hetero) is 1. The highest BCUT2D eigenvalue weighted by atomic mass is 16.7. The molecular weight excluding hydrogens is 496 g/mol. The number of methoxy groups -OCH3 is 4. The first-order valence-corrected chi connectivity index (χ1v) is 11.8. The molecule has 10 heteroatoms. The fraction of sp³-hybridized carbons (Fsp3) is 0.393. The highest BCUT2D eigenvalue weighted by Gasteiger charge is 2.35. The van der Waals surface area contributed by atoms with Gasteiger partial charge in [-0.25, -0.2) is 0 Å². The normalized spacial score (nSPS) is 13.2. The molecule has 0 fully saturated rings. The minimum atomic E-state index is -0.332. The van der Waals surface area contributed by atoms with Gasteiger partial charge in [0.15, 0.2) is 44.4 Å². The van der Waals surface area contributed by atoms with Crippen molar-refractivity contribution in [3.05, 3.63) is 58.4 Å². The lowest BCUT2D eigenvalue weighted by atomic mass is 10.00. The van der Waals surface area contributed by atoms with Crippen LogP contribution in [0.3, 0.4) is 0 Å². The van der Waals surface area contributed by atoms with Gasteiger partial charge in [-0.1, -0.05) is 17.7 Å². The van der Waals surface area contributed by atoms with E-state index in [1.807, 2.05) is 19.9 Å². The molecule has 0 spiro atoms. The van der Waals surface area contributed by atoms with Gasteiger partial charge in [0, 0.05) is 40.1 Å². The molecule has 3 rings (SSSR count). The first kappa shape index (κ1) is 29.0. The maximum Gasteiger partial charge on any atom is 0.235 e. The van der Waals surface area contributed by atoms with Crippen LogP contribution in [0.2, 0.25) is 0 Å². The molecule has 1 aliphatic rings. The second-order valence-corrected chi connectivity index (χ2v) is 8.39. The fourth-order valence-electron chi connectivity index (χ4n) is 3.60. The topological polar surface area (TPSA) is 100 Å². The second-order valence-electron chi connectivity index (χ2n) is 8.39. The molecule has 2 aromatic rings. The monoisotopic (exact) mass is 530 g/mol. The summed E-state index contributed by atoms with van der Waals surface area (Å²) in [7, 11) is 6.08. The van der Waals surface area contributed by atoms with Gasteiger partial charge < -0.3 is 42.6 Å². The van der Waals surface area contributed by atoms with E-state index in [1.165, 1.54) is 28.4 Å². The molecule has 10 nitrogen and oxygen atoms in total. The summed E-state index contributed by atoms with van der Waals surface area (Å²) in [4.78, 5) is 13.6. The molecule has 206 valence electrons. The highest BCUT2D eigenvalue weighted by Crippen LogP contribution is 2.46. The number of benzene rings is 2. The van der Waals surface area contributed by atoms with E-state index >= 15 is 0 Å². The standard InChI is InChI=1S/C28H34O10/c1-18(2)7-9-20-22(35-15-31-4)13-24-26(28(20)37-17-33-6)27(29)25(38-24)12-19-8-10-21(34-14-30-3)23(11-19)36-16-32-5/h7-8,10-13H,9,14-17H2,1-6H3. The van der Waals surface area contributed by atoms with Crippen molar-refractivity contribution in [3.63, 3.8) is 0 Å². The zero-order valence-electron chi connectivity index (χ0n) is 22.6. The van der Waals surface area contributed by atoms with Gasteiger partial charge in [-0.05, 0) is 44.0 Å². The SMILES string of the molecule is COCOc1ccc(C=C2Oc3cc(OCOC)c(CC=C(C)C)c(OCOC)c3C2=O)cc1OCOC. The van der Waals surface area contributed by atoms with E-state index < -0.39 is 0 Å². The summed E-state index contributed by atoms with van der Waals surface area (Å²) in [6.07, 6.45) is 4.11. The Bertz CT molecular complexity index is 1160. The molecule has 0 N–H and O–H groups in total. The zero-order valence-corrected chi connectivity index (χ0v) is 22.6. The predicted molar refractivity (Wildman–Crippen MR) is 139 cm³/mol. The van der Waals surface area contributed by atoms with Crippen LogP contribution in [0.15, 0.2) is 41.7 Å². The highest BCUT2D eigenvalue weighted by molar-refractivity contribution is 6.16. The number of hydrogen-bond acceptors (Lipinski definition) is 10. The summed E-state index contributed by atoms with van der Waals surface area (Å²) in [6, 6.07) is 6.87. The second kappa shape index (κ2) is 14.4. The zero-order chi connectivity index (χ0) is 27.5. The van der Waals surface area contributed by atoms with Crippen molar-refractivity contribution in [2.24, 2.45) is 0 Å². The van der Waals surface area contributed by atoms with Crippen LogP contribution in [0.5, 0.6) is 28.7 Å². The molecule has 38 heavy (non-hydrogen) atoms. The average molecular weight is 531 g/mol. The smallest absolute Gasteiger partial charge is 0.235 e.